The van der Waals surface area contributed by atoms with E-state index in [9.17, 15) is 34.1 Å². The number of hydrogen-bond acceptors (Lipinski definition) is 4. The van der Waals surface area contributed by atoms with Gasteiger partial charge >= 0.3 is 16.2 Å². The normalized spacial score (nSPS) is 17.8. The second kappa shape index (κ2) is 8.07. The maximum atomic E-state index is 13.1. The Kier molecular flexibility index (Phi) is 5.76. The van der Waals surface area contributed by atoms with Crippen LogP contribution < -0.4 is 10.1 Å². The molecule has 1 aliphatic heterocycles. The molecule has 36 heavy (non-hydrogen) atoms. The standard InChI is InChI=1S/C24H22F5NO5S/c1-24(13-34-14-24)21(23(32)33)30-22(31)19-11-8-16-4-2-3-5-18(16)20(19)35-12-15-6-9-17(10-7-15)36(25,26,27,28)29/h2-11,21H,12-14H2,1H3,(H,30,31)(H,32,33). The molecule has 1 heterocycles. The lowest BCUT2D eigenvalue weighted by molar-refractivity contribution is -0.160. The van der Waals surface area contributed by atoms with E-state index in [1.54, 1.807) is 37.3 Å². The summed E-state index contributed by atoms with van der Waals surface area (Å²) < 4.78 is 75.9. The van der Waals surface area contributed by atoms with Gasteiger partial charge in [0.15, 0.2) is 0 Å². The molecule has 1 fully saturated rings. The summed E-state index contributed by atoms with van der Waals surface area (Å²) in [6.45, 7) is 1.65. The summed E-state index contributed by atoms with van der Waals surface area (Å²) >= 11 is 0. The summed E-state index contributed by atoms with van der Waals surface area (Å²) in [7, 11) is -9.81. The number of benzene rings is 3. The van der Waals surface area contributed by atoms with Crippen LogP contribution in [0.2, 0.25) is 0 Å². The molecule has 0 spiro atoms. The lowest BCUT2D eigenvalue weighted by Gasteiger charge is -2.42. The summed E-state index contributed by atoms with van der Waals surface area (Å²) in [6.07, 6.45) is 0. The number of carboxylic acid groups (broad SMARTS) is 1. The fourth-order valence-corrected chi connectivity index (χ4v) is 4.56. The lowest BCUT2D eigenvalue weighted by atomic mass is 9.80. The van der Waals surface area contributed by atoms with Crippen molar-refractivity contribution in [2.45, 2.75) is 24.5 Å². The minimum absolute atomic E-state index is 0.00687. The number of ether oxygens (including phenoxy) is 2. The average Bonchev–Trinajstić information content (AvgIpc) is 2.77. The molecule has 194 valence electrons. The topological polar surface area (TPSA) is 84.9 Å². The van der Waals surface area contributed by atoms with Crippen molar-refractivity contribution in [2.24, 2.45) is 5.41 Å². The summed E-state index contributed by atoms with van der Waals surface area (Å²) in [4.78, 5) is 23.0. The number of amides is 1. The molecular weight excluding hydrogens is 509 g/mol. The van der Waals surface area contributed by atoms with Crippen LogP contribution in [0.25, 0.3) is 10.8 Å². The van der Waals surface area contributed by atoms with E-state index in [1.807, 2.05) is 0 Å². The van der Waals surface area contributed by atoms with E-state index in [0.717, 1.165) is 12.1 Å². The molecule has 0 bridgehead atoms. The first-order valence-electron chi connectivity index (χ1n) is 10.7. The van der Waals surface area contributed by atoms with Gasteiger partial charge < -0.3 is 19.9 Å². The van der Waals surface area contributed by atoms with E-state index >= 15 is 0 Å². The molecule has 1 aliphatic rings. The van der Waals surface area contributed by atoms with Gasteiger partial charge in [0.2, 0.25) is 0 Å². The van der Waals surface area contributed by atoms with Crippen LogP contribution in [-0.4, -0.2) is 36.2 Å². The van der Waals surface area contributed by atoms with E-state index in [1.165, 1.54) is 6.07 Å². The van der Waals surface area contributed by atoms with E-state index in [0.29, 0.717) is 10.8 Å². The van der Waals surface area contributed by atoms with Gasteiger partial charge in [0, 0.05) is 10.8 Å². The number of fused-ring (bicyclic) bond motifs is 1. The monoisotopic (exact) mass is 531 g/mol. The Morgan fingerprint density at radius 2 is 1.67 bits per heavy atom. The molecule has 3 aromatic carbocycles. The molecule has 3 aromatic rings. The van der Waals surface area contributed by atoms with Crippen molar-refractivity contribution >= 4 is 32.9 Å². The van der Waals surface area contributed by atoms with Gasteiger partial charge in [-0.2, -0.15) is 0 Å². The molecule has 1 unspecified atom stereocenters. The number of nitrogens with one attached hydrogen (secondary N) is 1. The second-order valence-corrected chi connectivity index (χ2v) is 11.4. The Labute approximate surface area is 202 Å². The highest BCUT2D eigenvalue weighted by Crippen LogP contribution is 3.02. The van der Waals surface area contributed by atoms with E-state index in [4.69, 9.17) is 9.47 Å². The number of halogens is 5. The van der Waals surface area contributed by atoms with E-state index in [2.05, 4.69) is 5.32 Å². The smallest absolute Gasteiger partial charge is 0.326 e. The molecule has 6 nitrogen and oxygen atoms in total. The van der Waals surface area contributed by atoms with Crippen molar-refractivity contribution in [1.82, 2.24) is 5.32 Å². The third-order valence-electron chi connectivity index (χ3n) is 5.96. The van der Waals surface area contributed by atoms with Crippen molar-refractivity contribution < 1.29 is 43.6 Å². The van der Waals surface area contributed by atoms with Crippen molar-refractivity contribution in [1.29, 1.82) is 0 Å². The van der Waals surface area contributed by atoms with Gasteiger partial charge in [-0.1, -0.05) is 68.8 Å². The maximum absolute atomic E-state index is 13.1. The molecule has 0 aromatic heterocycles. The molecule has 0 saturated carbocycles. The molecule has 1 atom stereocenters. The Hall–Kier alpha value is -3.38. The minimum Gasteiger partial charge on any atom is -0.487 e. The zero-order valence-corrected chi connectivity index (χ0v) is 19.7. The summed E-state index contributed by atoms with van der Waals surface area (Å²) in [5.74, 6) is -1.89. The molecule has 0 radical (unpaired) electrons. The van der Waals surface area contributed by atoms with Crippen LogP contribution in [-0.2, 0) is 16.1 Å². The number of carboxylic acids is 1. The third-order valence-corrected chi connectivity index (χ3v) is 7.12. The predicted octanol–water partition coefficient (Wildman–Crippen LogP) is 6.30. The largest absolute Gasteiger partial charge is 0.487 e. The van der Waals surface area contributed by atoms with E-state index < -0.39 is 38.5 Å². The molecule has 1 amide bonds. The summed E-state index contributed by atoms with van der Waals surface area (Å²) in [5, 5.41) is 13.3. The highest BCUT2D eigenvalue weighted by atomic mass is 32.5. The Balaban J connectivity index is 1.63. The minimum atomic E-state index is -9.81. The summed E-state index contributed by atoms with van der Waals surface area (Å²) in [5.41, 5.74) is -0.640. The van der Waals surface area contributed by atoms with Crippen molar-refractivity contribution in [2.75, 3.05) is 13.2 Å². The number of aliphatic carboxylic acids is 1. The third kappa shape index (κ3) is 5.24. The van der Waals surface area contributed by atoms with E-state index in [-0.39, 0.29) is 48.8 Å². The van der Waals surface area contributed by atoms with Crippen LogP contribution in [0, 0.1) is 5.41 Å². The van der Waals surface area contributed by atoms with Gasteiger partial charge in [0.25, 0.3) is 5.91 Å². The number of hydrogen-bond donors (Lipinski definition) is 2. The highest BCUT2D eigenvalue weighted by Gasteiger charge is 2.65. The number of carbonyl (C=O) groups excluding carboxylic acids is 1. The maximum Gasteiger partial charge on any atom is 0.326 e. The first kappa shape index (κ1) is 25.7. The van der Waals surface area contributed by atoms with Crippen LogP contribution in [0.5, 0.6) is 5.75 Å². The SMILES string of the molecule is CC1(C(NC(=O)c2ccc3ccccc3c2OCc2ccc(S(F)(F)(F)(F)F)cc2)C(=O)O)COC1. The molecular formula is C24H22F5NO5S. The zero-order chi connectivity index (χ0) is 26.4. The number of carbonyl (C=O) groups is 2. The van der Waals surface area contributed by atoms with Crippen LogP contribution in [0.15, 0.2) is 65.6 Å². The highest BCUT2D eigenvalue weighted by molar-refractivity contribution is 8.45. The molecule has 2 N–H and O–H groups in total. The molecule has 4 rings (SSSR count). The summed E-state index contributed by atoms with van der Waals surface area (Å²) in [6, 6.07) is 11.0. The van der Waals surface area contributed by atoms with Crippen molar-refractivity contribution in [3.8, 4) is 5.75 Å². The quantitative estimate of drug-likeness (QED) is 0.334. The van der Waals surface area contributed by atoms with Crippen LogP contribution in [0.1, 0.15) is 22.8 Å². The Bertz CT molecular complexity index is 1340. The molecule has 1 saturated heterocycles. The van der Waals surface area contributed by atoms with Crippen molar-refractivity contribution in [3.63, 3.8) is 0 Å². The van der Waals surface area contributed by atoms with Gasteiger partial charge in [-0.25, -0.2) is 4.79 Å². The van der Waals surface area contributed by atoms with Crippen LogP contribution in [0.4, 0.5) is 19.4 Å². The van der Waals surface area contributed by atoms with Gasteiger partial charge in [0.05, 0.1) is 18.8 Å². The van der Waals surface area contributed by atoms with Crippen LogP contribution in [0.3, 0.4) is 0 Å². The molecule has 12 heteroatoms. The Morgan fingerprint density at radius 3 is 2.22 bits per heavy atom. The van der Waals surface area contributed by atoms with Gasteiger partial charge in [-0.05, 0) is 29.1 Å². The van der Waals surface area contributed by atoms with Gasteiger partial charge in [-0.15, -0.1) is 0 Å². The van der Waals surface area contributed by atoms with Gasteiger partial charge in [0.1, 0.15) is 23.3 Å². The average molecular weight is 531 g/mol. The Morgan fingerprint density at radius 1 is 1.03 bits per heavy atom. The first-order chi connectivity index (χ1) is 16.6. The number of rotatable bonds is 8. The van der Waals surface area contributed by atoms with Crippen LogP contribution >= 0.6 is 10.2 Å². The fourth-order valence-electron chi connectivity index (χ4n) is 3.91. The van der Waals surface area contributed by atoms with Crippen molar-refractivity contribution in [3.05, 3.63) is 71.8 Å². The molecule has 0 aliphatic carbocycles. The van der Waals surface area contributed by atoms with Gasteiger partial charge in [-0.3, -0.25) is 4.79 Å². The first-order valence-corrected chi connectivity index (χ1v) is 12.6. The lowest BCUT2D eigenvalue weighted by Crippen LogP contribution is -2.59. The second-order valence-electron chi connectivity index (χ2n) is 8.96. The predicted molar refractivity (Wildman–Crippen MR) is 124 cm³/mol. The fraction of sp³-hybridized carbons (Fsp3) is 0.250. The zero-order valence-electron chi connectivity index (χ0n) is 18.9.